The molecule has 0 aliphatic carbocycles. The number of hydrogen-bond acceptors (Lipinski definition) is 2. The van der Waals surface area contributed by atoms with E-state index in [1.54, 1.807) is 0 Å². The molecule has 2 aromatic carbocycles. The molecule has 1 heterocycles. The number of carbonyl (C=O) groups excluding carboxylic acids is 2. The third kappa shape index (κ3) is 2.22. The molecule has 2 aromatic rings. The van der Waals surface area contributed by atoms with Gasteiger partial charge >= 0.3 is 6.03 Å². The van der Waals surface area contributed by atoms with Gasteiger partial charge in [0.25, 0.3) is 5.91 Å². The molecule has 1 saturated heterocycles. The zero-order valence-electron chi connectivity index (χ0n) is 11.8. The van der Waals surface area contributed by atoms with E-state index in [9.17, 15) is 9.59 Å². The molecule has 0 saturated carbocycles. The maximum Gasteiger partial charge on any atom is 0.325 e. The predicted octanol–water partition coefficient (Wildman–Crippen LogP) is 2.88. The average molecular weight is 359 g/mol. The number of halogens is 1. The highest BCUT2D eigenvalue weighted by atomic mass is 79.9. The Hall–Kier alpha value is -2.14. The molecular weight excluding hydrogens is 344 g/mol. The summed E-state index contributed by atoms with van der Waals surface area (Å²) >= 11 is 3.29. The summed E-state index contributed by atoms with van der Waals surface area (Å²) in [7, 11) is 0. The Morgan fingerprint density at radius 3 is 1.86 bits per heavy atom. The van der Waals surface area contributed by atoms with Crippen LogP contribution in [-0.2, 0) is 10.3 Å². The van der Waals surface area contributed by atoms with Crippen LogP contribution in [0.1, 0.15) is 11.1 Å². The predicted molar refractivity (Wildman–Crippen MR) is 87.7 cm³/mol. The summed E-state index contributed by atoms with van der Waals surface area (Å²) in [6.07, 6.45) is 0. The molecule has 22 heavy (non-hydrogen) atoms. The highest BCUT2D eigenvalue weighted by Crippen LogP contribution is 2.35. The molecule has 112 valence electrons. The Kier molecular flexibility index (Phi) is 3.98. The smallest absolute Gasteiger partial charge is 0.315 e. The van der Waals surface area contributed by atoms with Crippen LogP contribution < -0.4 is 5.32 Å². The van der Waals surface area contributed by atoms with Crippen molar-refractivity contribution in [1.82, 2.24) is 10.2 Å². The van der Waals surface area contributed by atoms with Gasteiger partial charge in [-0.3, -0.25) is 9.69 Å². The van der Waals surface area contributed by atoms with Crippen LogP contribution in [0.5, 0.6) is 0 Å². The van der Waals surface area contributed by atoms with Crippen molar-refractivity contribution >= 4 is 27.9 Å². The molecule has 1 N–H and O–H groups in total. The molecule has 1 fully saturated rings. The molecule has 1 aliphatic rings. The normalized spacial score (nSPS) is 16.7. The van der Waals surface area contributed by atoms with Crippen molar-refractivity contribution in [2.24, 2.45) is 0 Å². The van der Waals surface area contributed by atoms with Gasteiger partial charge in [0.1, 0.15) is 0 Å². The van der Waals surface area contributed by atoms with Crippen molar-refractivity contribution < 1.29 is 9.59 Å². The number of nitrogens with zero attached hydrogens (tertiary/aromatic N) is 1. The van der Waals surface area contributed by atoms with E-state index in [2.05, 4.69) is 21.2 Å². The second-order valence-corrected chi connectivity index (χ2v) is 5.85. The molecule has 0 unspecified atom stereocenters. The first-order valence-corrected chi connectivity index (χ1v) is 8.13. The fourth-order valence-corrected chi connectivity index (χ4v) is 3.15. The van der Waals surface area contributed by atoms with Gasteiger partial charge in [-0.25, -0.2) is 4.79 Å². The van der Waals surface area contributed by atoms with Gasteiger partial charge in [-0.15, -0.1) is 0 Å². The molecule has 0 atom stereocenters. The molecule has 0 bridgehead atoms. The topological polar surface area (TPSA) is 49.4 Å². The minimum atomic E-state index is -1.15. The van der Waals surface area contributed by atoms with E-state index in [-0.39, 0.29) is 11.9 Å². The van der Waals surface area contributed by atoms with Crippen molar-refractivity contribution in [3.63, 3.8) is 0 Å². The lowest BCUT2D eigenvalue weighted by Gasteiger charge is -2.27. The van der Waals surface area contributed by atoms with Gasteiger partial charge < -0.3 is 5.32 Å². The van der Waals surface area contributed by atoms with Crippen LogP contribution in [0.25, 0.3) is 0 Å². The van der Waals surface area contributed by atoms with Crippen LogP contribution in [0, 0.1) is 0 Å². The number of amides is 3. The van der Waals surface area contributed by atoms with Crippen LogP contribution in [0.2, 0.25) is 0 Å². The summed E-state index contributed by atoms with van der Waals surface area (Å²) in [5, 5.41) is 3.45. The van der Waals surface area contributed by atoms with Crippen molar-refractivity contribution in [2.75, 3.05) is 11.9 Å². The Balaban J connectivity index is 2.18. The van der Waals surface area contributed by atoms with Gasteiger partial charge in [-0.2, -0.15) is 0 Å². The number of rotatable bonds is 4. The maximum atomic E-state index is 13.1. The maximum absolute atomic E-state index is 13.1. The number of hydrogen-bond donors (Lipinski definition) is 1. The van der Waals surface area contributed by atoms with E-state index < -0.39 is 5.54 Å². The summed E-state index contributed by atoms with van der Waals surface area (Å²) in [6, 6.07) is 18.3. The quantitative estimate of drug-likeness (QED) is 0.674. The number of nitrogens with one attached hydrogen (secondary N) is 1. The van der Waals surface area contributed by atoms with Crippen LogP contribution in [0.4, 0.5) is 4.79 Å². The highest BCUT2D eigenvalue weighted by Gasteiger charge is 2.53. The van der Waals surface area contributed by atoms with Crippen molar-refractivity contribution in [2.45, 2.75) is 5.54 Å². The van der Waals surface area contributed by atoms with Crippen LogP contribution in [0.15, 0.2) is 60.7 Å². The molecule has 0 aromatic heterocycles. The van der Waals surface area contributed by atoms with Gasteiger partial charge in [0.15, 0.2) is 5.54 Å². The van der Waals surface area contributed by atoms with E-state index in [1.165, 1.54) is 4.90 Å². The number of benzene rings is 2. The standard InChI is InChI=1S/C17H15BrN2O2/c18-11-12-20-15(21)17(19-16(20)22,13-7-3-1-4-8-13)14-9-5-2-6-10-14/h1-10H,11-12H2,(H,19,22). The van der Waals surface area contributed by atoms with Crippen molar-refractivity contribution in [3.8, 4) is 0 Å². The fraction of sp³-hybridized carbons (Fsp3) is 0.176. The molecule has 3 rings (SSSR count). The Labute approximate surface area is 137 Å². The van der Waals surface area contributed by atoms with E-state index >= 15 is 0 Å². The SMILES string of the molecule is O=C1NC(c2ccccc2)(c2ccccc2)C(=O)N1CCBr. The van der Waals surface area contributed by atoms with Gasteiger partial charge in [-0.05, 0) is 11.1 Å². The summed E-state index contributed by atoms with van der Waals surface area (Å²) < 4.78 is 0. The van der Waals surface area contributed by atoms with Crippen molar-refractivity contribution in [1.29, 1.82) is 0 Å². The zero-order valence-corrected chi connectivity index (χ0v) is 13.4. The lowest BCUT2D eigenvalue weighted by Crippen LogP contribution is -2.45. The second-order valence-electron chi connectivity index (χ2n) is 5.06. The van der Waals surface area contributed by atoms with Crippen molar-refractivity contribution in [3.05, 3.63) is 71.8 Å². The molecule has 0 spiro atoms. The van der Waals surface area contributed by atoms with Gasteiger partial charge in [0, 0.05) is 11.9 Å². The Bertz CT molecular complexity index is 649. The molecule has 1 aliphatic heterocycles. The minimum Gasteiger partial charge on any atom is -0.315 e. The highest BCUT2D eigenvalue weighted by molar-refractivity contribution is 9.09. The summed E-state index contributed by atoms with van der Waals surface area (Å²) in [5.41, 5.74) is 0.371. The lowest BCUT2D eigenvalue weighted by atomic mass is 9.82. The van der Waals surface area contributed by atoms with Gasteiger partial charge in [0.05, 0.1) is 0 Å². The molecule has 4 nitrogen and oxygen atoms in total. The van der Waals surface area contributed by atoms with Crippen LogP contribution in [0.3, 0.4) is 0 Å². The first-order valence-electron chi connectivity index (χ1n) is 7.01. The fourth-order valence-electron chi connectivity index (χ4n) is 2.80. The van der Waals surface area contributed by atoms with E-state index in [0.717, 1.165) is 11.1 Å². The number of carbonyl (C=O) groups is 2. The third-order valence-corrected chi connectivity index (χ3v) is 4.18. The molecule has 0 radical (unpaired) electrons. The Morgan fingerprint density at radius 1 is 0.909 bits per heavy atom. The first kappa shape index (κ1) is 14.8. The average Bonchev–Trinajstić information content (AvgIpc) is 2.82. The summed E-state index contributed by atoms with van der Waals surface area (Å²) in [6.45, 7) is 0.339. The lowest BCUT2D eigenvalue weighted by molar-refractivity contribution is -0.130. The monoisotopic (exact) mass is 358 g/mol. The van der Waals surface area contributed by atoms with E-state index in [0.29, 0.717) is 11.9 Å². The van der Waals surface area contributed by atoms with Crippen LogP contribution in [-0.4, -0.2) is 28.7 Å². The summed E-state index contributed by atoms with van der Waals surface area (Å²) in [4.78, 5) is 26.6. The van der Waals surface area contributed by atoms with Gasteiger partial charge in [0.2, 0.25) is 0 Å². The first-order chi connectivity index (χ1) is 10.7. The number of imide groups is 1. The van der Waals surface area contributed by atoms with E-state index in [1.807, 2.05) is 60.7 Å². The number of alkyl halides is 1. The summed E-state index contributed by atoms with van der Waals surface area (Å²) in [5.74, 6) is -0.241. The zero-order chi connectivity index (χ0) is 15.6. The van der Waals surface area contributed by atoms with Gasteiger partial charge in [-0.1, -0.05) is 76.6 Å². The molecular formula is C17H15BrN2O2. The largest absolute Gasteiger partial charge is 0.325 e. The minimum absolute atomic E-state index is 0.241. The van der Waals surface area contributed by atoms with Crippen LogP contribution >= 0.6 is 15.9 Å². The molecule has 3 amide bonds. The number of urea groups is 1. The second kappa shape index (κ2) is 5.93. The van der Waals surface area contributed by atoms with E-state index in [4.69, 9.17) is 0 Å². The third-order valence-electron chi connectivity index (χ3n) is 3.83. The Morgan fingerprint density at radius 2 is 1.41 bits per heavy atom. The molecule has 5 heteroatoms.